The van der Waals surface area contributed by atoms with E-state index in [2.05, 4.69) is 9.71 Å². The molecule has 2 aliphatic rings. The highest BCUT2D eigenvalue weighted by Crippen LogP contribution is 2.46. The van der Waals surface area contributed by atoms with Crippen molar-refractivity contribution in [3.8, 4) is 0 Å². The van der Waals surface area contributed by atoms with Crippen LogP contribution in [0.2, 0.25) is 0 Å². The number of benzene rings is 2. The molecule has 1 heterocycles. The van der Waals surface area contributed by atoms with E-state index in [1.165, 1.54) is 24.3 Å². The maximum atomic E-state index is 14.4. The van der Waals surface area contributed by atoms with E-state index in [0.29, 0.717) is 36.8 Å². The van der Waals surface area contributed by atoms with Gasteiger partial charge in [0.25, 0.3) is 10.0 Å². The third kappa shape index (κ3) is 5.01. The average Bonchev–Trinajstić information content (AvgIpc) is 2.87. The van der Waals surface area contributed by atoms with Crippen molar-refractivity contribution in [1.29, 1.82) is 0 Å². The number of rotatable bonds is 10. The van der Waals surface area contributed by atoms with Crippen LogP contribution in [0.5, 0.6) is 0 Å². The molecule has 1 amide bonds. The number of halogens is 1. The first-order chi connectivity index (χ1) is 18.0. The van der Waals surface area contributed by atoms with Gasteiger partial charge in [-0.25, -0.2) is 4.39 Å². The molecule has 0 fully saturated rings. The molecule has 10 heteroatoms. The number of hydrogen-bond donors (Lipinski definition) is 2. The van der Waals surface area contributed by atoms with Crippen molar-refractivity contribution in [1.82, 2.24) is 0 Å². The highest BCUT2D eigenvalue weighted by Gasteiger charge is 2.53. The van der Waals surface area contributed by atoms with Gasteiger partial charge in [0.15, 0.2) is 11.6 Å². The van der Waals surface area contributed by atoms with Crippen molar-refractivity contribution in [3.63, 3.8) is 0 Å². The number of nitrogens with one attached hydrogen (secondary N) is 1. The van der Waals surface area contributed by atoms with Crippen molar-refractivity contribution in [2.45, 2.75) is 75.5 Å². The van der Waals surface area contributed by atoms with E-state index >= 15 is 0 Å². The quantitative estimate of drug-likeness (QED) is 0.427. The topological polar surface area (TPSA) is 136 Å². The predicted molar refractivity (Wildman–Crippen MR) is 142 cm³/mol. The average molecular weight is 542 g/mol. The second kappa shape index (κ2) is 10.8. The van der Waals surface area contributed by atoms with Crippen LogP contribution < -0.4 is 11.1 Å². The van der Waals surface area contributed by atoms with Gasteiger partial charge in [0.05, 0.1) is 11.1 Å². The standard InChI is InChI=1S/C28H32FN3O5S/c1-3-5-13-28(14-6-4-2)20-10-9-18(29)16-19(20)25(34)24(26(28)35)27-31-21-11-7-17(8-12-23(30)33)15-22(21)38(36,37)32-27/h7,9-11,15-16,24H,3-6,8,12-14H2,1-2H3,(H2,30,33)(H,31,32). The molecule has 38 heavy (non-hydrogen) atoms. The third-order valence-electron chi connectivity index (χ3n) is 7.41. The molecule has 0 saturated heterocycles. The van der Waals surface area contributed by atoms with Crippen LogP contribution in [0.1, 0.15) is 80.3 Å². The zero-order chi connectivity index (χ0) is 27.7. The zero-order valence-corrected chi connectivity index (χ0v) is 22.4. The van der Waals surface area contributed by atoms with Crippen molar-refractivity contribution in [3.05, 3.63) is 58.9 Å². The van der Waals surface area contributed by atoms with E-state index in [0.717, 1.165) is 18.9 Å². The highest BCUT2D eigenvalue weighted by atomic mass is 32.2. The van der Waals surface area contributed by atoms with Crippen molar-refractivity contribution in [2.24, 2.45) is 16.0 Å². The predicted octanol–water partition coefficient (Wildman–Crippen LogP) is 4.46. The zero-order valence-electron chi connectivity index (χ0n) is 21.6. The number of ketones is 2. The van der Waals surface area contributed by atoms with Gasteiger partial charge in [-0.2, -0.15) is 8.42 Å². The number of carbonyl (C=O) groups excluding carboxylic acids is 3. The number of unbranched alkanes of at least 4 members (excludes halogenated alkanes) is 2. The molecule has 1 atom stereocenters. The Hall–Kier alpha value is -3.40. The van der Waals surface area contributed by atoms with E-state index in [1.54, 1.807) is 6.07 Å². The van der Waals surface area contributed by atoms with Crippen LogP contribution in [0, 0.1) is 11.7 Å². The lowest BCUT2D eigenvalue weighted by Crippen LogP contribution is -2.52. The number of carbonyl (C=O) groups is 3. The molecule has 0 radical (unpaired) electrons. The van der Waals surface area contributed by atoms with E-state index in [4.69, 9.17) is 5.73 Å². The molecule has 0 bridgehead atoms. The van der Waals surface area contributed by atoms with Gasteiger partial charge in [-0.15, -0.1) is 4.40 Å². The Morgan fingerprint density at radius 3 is 2.39 bits per heavy atom. The SMILES string of the molecule is CCCCC1(CCCC)C(=O)C(C2=NS(=O)(=O)c3cc(CCC(N)=O)ccc3N2)C(=O)c2cc(F)ccc21. The summed E-state index contributed by atoms with van der Waals surface area (Å²) in [5.41, 5.74) is 5.51. The molecule has 1 aliphatic carbocycles. The van der Waals surface area contributed by atoms with Crippen molar-refractivity contribution in [2.75, 3.05) is 5.32 Å². The number of aryl methyl sites for hydroxylation is 1. The maximum absolute atomic E-state index is 14.4. The van der Waals surface area contributed by atoms with Gasteiger partial charge in [0, 0.05) is 12.0 Å². The Bertz CT molecular complexity index is 1430. The summed E-state index contributed by atoms with van der Waals surface area (Å²) in [6, 6.07) is 8.50. The monoisotopic (exact) mass is 541 g/mol. The normalized spacial score (nSPS) is 19.2. The molecule has 2 aromatic rings. The highest BCUT2D eigenvalue weighted by molar-refractivity contribution is 7.90. The summed E-state index contributed by atoms with van der Waals surface area (Å²) in [5.74, 6) is -3.97. The fourth-order valence-electron chi connectivity index (χ4n) is 5.44. The van der Waals surface area contributed by atoms with Gasteiger partial charge >= 0.3 is 0 Å². The van der Waals surface area contributed by atoms with Crippen LogP contribution in [-0.4, -0.2) is 31.7 Å². The molecule has 0 aromatic heterocycles. The summed E-state index contributed by atoms with van der Waals surface area (Å²) >= 11 is 0. The first kappa shape index (κ1) is 27.6. The minimum atomic E-state index is -4.27. The molecule has 0 saturated carbocycles. The first-order valence-electron chi connectivity index (χ1n) is 13.0. The fraction of sp³-hybridized carbons (Fsp3) is 0.429. The molecular formula is C28H32FN3O5S. The molecule has 1 aliphatic heterocycles. The van der Waals surface area contributed by atoms with Gasteiger partial charge in [-0.1, -0.05) is 51.7 Å². The maximum Gasteiger partial charge on any atom is 0.286 e. The Balaban J connectivity index is 1.82. The molecule has 2 aromatic carbocycles. The van der Waals surface area contributed by atoms with E-state index in [1.807, 2.05) is 13.8 Å². The van der Waals surface area contributed by atoms with Crippen molar-refractivity contribution >= 4 is 39.0 Å². The molecule has 1 unspecified atom stereocenters. The van der Waals surface area contributed by atoms with Gasteiger partial charge in [0.2, 0.25) is 5.91 Å². The number of anilines is 1. The molecule has 202 valence electrons. The summed E-state index contributed by atoms with van der Waals surface area (Å²) in [4.78, 5) is 39.0. The van der Waals surface area contributed by atoms with Crippen molar-refractivity contribution < 1.29 is 27.2 Å². The second-order valence-electron chi connectivity index (χ2n) is 10.0. The number of primary amides is 1. The van der Waals surface area contributed by atoms with Gasteiger partial charge < -0.3 is 11.1 Å². The fourth-order valence-corrected chi connectivity index (χ4v) is 6.64. The minimum Gasteiger partial charge on any atom is -0.370 e. The number of nitrogens with two attached hydrogens (primary N) is 1. The largest absolute Gasteiger partial charge is 0.370 e. The molecule has 4 rings (SSSR count). The summed E-state index contributed by atoms with van der Waals surface area (Å²) in [5, 5.41) is 2.91. The van der Waals surface area contributed by atoms with E-state index in [9.17, 15) is 27.2 Å². The number of nitrogens with zero attached hydrogens (tertiary/aromatic N) is 1. The van der Waals surface area contributed by atoms with Crippen LogP contribution in [0.15, 0.2) is 45.7 Å². The Kier molecular flexibility index (Phi) is 7.83. The van der Waals surface area contributed by atoms with Crippen LogP contribution in [-0.2, 0) is 31.4 Å². The molecule has 8 nitrogen and oxygen atoms in total. The Morgan fingerprint density at radius 1 is 1.08 bits per heavy atom. The second-order valence-corrected chi connectivity index (χ2v) is 11.6. The van der Waals surface area contributed by atoms with Gasteiger partial charge in [0.1, 0.15) is 22.5 Å². The third-order valence-corrected chi connectivity index (χ3v) is 8.74. The first-order valence-corrected chi connectivity index (χ1v) is 14.4. The number of amidine groups is 1. The summed E-state index contributed by atoms with van der Waals surface area (Å²) in [7, 11) is -4.27. The summed E-state index contributed by atoms with van der Waals surface area (Å²) < 4.78 is 44.7. The number of sulfonamides is 1. The summed E-state index contributed by atoms with van der Waals surface area (Å²) in [6.07, 6.45) is 4.29. The smallest absolute Gasteiger partial charge is 0.286 e. The number of hydrogen-bond acceptors (Lipinski definition) is 6. The molecular weight excluding hydrogens is 509 g/mol. The summed E-state index contributed by atoms with van der Waals surface area (Å²) in [6.45, 7) is 4.01. The van der Waals surface area contributed by atoms with Crippen LogP contribution in [0.25, 0.3) is 0 Å². The lowest BCUT2D eigenvalue weighted by molar-refractivity contribution is -0.126. The van der Waals surface area contributed by atoms with E-state index < -0.39 is 44.6 Å². The van der Waals surface area contributed by atoms with Gasteiger partial charge in [-0.05, 0) is 54.7 Å². The number of amides is 1. The van der Waals surface area contributed by atoms with Crippen LogP contribution >= 0.6 is 0 Å². The molecule has 0 spiro atoms. The molecule has 3 N–H and O–H groups in total. The Labute approximate surface area is 222 Å². The van der Waals surface area contributed by atoms with Crippen LogP contribution in [0.4, 0.5) is 10.1 Å². The Morgan fingerprint density at radius 2 is 1.76 bits per heavy atom. The lowest BCUT2D eigenvalue weighted by Gasteiger charge is -2.41. The number of fused-ring (bicyclic) bond motifs is 2. The van der Waals surface area contributed by atoms with Crippen LogP contribution in [0.3, 0.4) is 0 Å². The van der Waals surface area contributed by atoms with E-state index in [-0.39, 0.29) is 34.8 Å². The minimum absolute atomic E-state index is 0.0550. The van der Waals surface area contributed by atoms with Gasteiger partial charge in [-0.3, -0.25) is 14.4 Å². The number of Topliss-reactive ketones (excluding diaryl/α,β-unsaturated/α-hetero) is 2. The lowest BCUT2D eigenvalue weighted by atomic mass is 9.60.